The van der Waals surface area contributed by atoms with Gasteiger partial charge in [-0.15, -0.1) is 0 Å². The minimum Gasteiger partial charge on any atom is -0.300 e. The van der Waals surface area contributed by atoms with Crippen molar-refractivity contribution < 1.29 is 0 Å². The van der Waals surface area contributed by atoms with Gasteiger partial charge in [-0.2, -0.15) is 0 Å². The van der Waals surface area contributed by atoms with Crippen LogP contribution in [0.2, 0.25) is 0 Å². The number of nitrogens with zero attached hydrogens (tertiary/aromatic N) is 3. The van der Waals surface area contributed by atoms with E-state index < -0.39 is 0 Å². The third-order valence-electron chi connectivity index (χ3n) is 8.69. The van der Waals surface area contributed by atoms with Crippen LogP contribution in [0.3, 0.4) is 0 Å². The first-order valence-electron chi connectivity index (χ1n) is 12.3. The van der Waals surface area contributed by atoms with Gasteiger partial charge in [-0.25, -0.2) is 0 Å². The molecule has 0 aromatic heterocycles. The van der Waals surface area contributed by atoms with Crippen molar-refractivity contribution in [1.29, 1.82) is 0 Å². The van der Waals surface area contributed by atoms with Crippen molar-refractivity contribution in [2.75, 3.05) is 33.9 Å². The predicted molar refractivity (Wildman–Crippen MR) is 129 cm³/mol. The second-order valence-corrected chi connectivity index (χ2v) is 10.6. The van der Waals surface area contributed by atoms with Gasteiger partial charge in [0.25, 0.3) is 0 Å². The molecule has 3 heteroatoms. The summed E-state index contributed by atoms with van der Waals surface area (Å²) < 4.78 is 0. The number of benzene rings is 2. The zero-order valence-corrected chi connectivity index (χ0v) is 19.5. The minimum absolute atomic E-state index is 0.182. The number of hydrogen-bond donors (Lipinski definition) is 0. The van der Waals surface area contributed by atoms with Gasteiger partial charge in [0.15, 0.2) is 0 Å². The summed E-state index contributed by atoms with van der Waals surface area (Å²) in [6.45, 7) is 4.77. The van der Waals surface area contributed by atoms with E-state index in [9.17, 15) is 0 Å². The third-order valence-corrected chi connectivity index (χ3v) is 8.69. The molecule has 0 amide bonds. The maximum atomic E-state index is 2.91. The lowest BCUT2D eigenvalue weighted by molar-refractivity contribution is 0.00464. The highest BCUT2D eigenvalue weighted by atomic mass is 15.4. The molecule has 3 aliphatic rings. The fraction of sp³-hybridized carbons (Fsp3) is 0.571. The largest absolute Gasteiger partial charge is 0.300 e. The molecule has 1 heterocycles. The second-order valence-electron chi connectivity index (χ2n) is 10.6. The van der Waals surface area contributed by atoms with Crippen molar-refractivity contribution in [3.8, 4) is 0 Å². The van der Waals surface area contributed by atoms with E-state index in [2.05, 4.69) is 89.5 Å². The molecule has 0 bridgehead atoms. The Morgan fingerprint density at radius 2 is 1.52 bits per heavy atom. The summed E-state index contributed by atoms with van der Waals surface area (Å²) in [5.41, 5.74) is 3.49. The summed E-state index contributed by atoms with van der Waals surface area (Å²) in [6, 6.07) is 22.3. The van der Waals surface area contributed by atoms with Crippen LogP contribution in [0, 0.1) is 5.92 Å². The first-order valence-corrected chi connectivity index (χ1v) is 12.3. The average molecular weight is 418 g/mol. The molecule has 0 N–H and O–H groups in total. The number of rotatable bonds is 6. The van der Waals surface area contributed by atoms with Crippen LogP contribution < -0.4 is 0 Å². The molecule has 2 saturated carbocycles. The lowest BCUT2D eigenvalue weighted by Crippen LogP contribution is -2.56. The third kappa shape index (κ3) is 4.08. The summed E-state index contributed by atoms with van der Waals surface area (Å²) >= 11 is 0. The molecular formula is C28H39N3. The van der Waals surface area contributed by atoms with E-state index in [-0.39, 0.29) is 5.54 Å². The molecule has 166 valence electrons. The molecule has 2 aromatic carbocycles. The minimum atomic E-state index is 0.182. The van der Waals surface area contributed by atoms with Gasteiger partial charge in [-0.05, 0) is 69.7 Å². The Kier molecular flexibility index (Phi) is 5.94. The van der Waals surface area contributed by atoms with Crippen molar-refractivity contribution in [2.24, 2.45) is 5.92 Å². The molecule has 1 spiro atoms. The van der Waals surface area contributed by atoms with Crippen molar-refractivity contribution in [3.05, 3.63) is 71.8 Å². The van der Waals surface area contributed by atoms with Crippen molar-refractivity contribution in [2.45, 2.75) is 62.6 Å². The molecule has 1 saturated heterocycles. The SMILES string of the molecule is CN(C)[C@]1(c2ccccc2)CC[C@]2(CC1)CN(Cc1ccccc1)CN2CC1CCC1. The van der Waals surface area contributed by atoms with E-state index in [4.69, 9.17) is 0 Å². The molecule has 3 nitrogen and oxygen atoms in total. The monoisotopic (exact) mass is 417 g/mol. The van der Waals surface area contributed by atoms with Gasteiger partial charge < -0.3 is 0 Å². The van der Waals surface area contributed by atoms with Gasteiger partial charge >= 0.3 is 0 Å². The molecule has 2 aromatic rings. The number of hydrogen-bond acceptors (Lipinski definition) is 3. The van der Waals surface area contributed by atoms with Crippen molar-refractivity contribution in [3.63, 3.8) is 0 Å². The van der Waals surface area contributed by atoms with E-state index in [1.807, 2.05) is 0 Å². The van der Waals surface area contributed by atoms with Crippen LogP contribution >= 0.6 is 0 Å². The fourth-order valence-corrected chi connectivity index (χ4v) is 6.49. The van der Waals surface area contributed by atoms with E-state index in [1.165, 1.54) is 69.2 Å². The molecule has 1 aliphatic heterocycles. The highest BCUT2D eigenvalue weighted by Crippen LogP contribution is 2.49. The summed E-state index contributed by atoms with van der Waals surface area (Å²) in [4.78, 5) is 8.13. The van der Waals surface area contributed by atoms with Crippen molar-refractivity contribution in [1.82, 2.24) is 14.7 Å². The summed E-state index contributed by atoms with van der Waals surface area (Å²) in [7, 11) is 4.57. The Labute approximate surface area is 189 Å². The Hall–Kier alpha value is -1.68. The molecule has 2 aliphatic carbocycles. The maximum Gasteiger partial charge on any atom is 0.0516 e. The first kappa shape index (κ1) is 21.2. The Morgan fingerprint density at radius 1 is 0.871 bits per heavy atom. The van der Waals surface area contributed by atoms with Crippen molar-refractivity contribution >= 4 is 0 Å². The molecule has 31 heavy (non-hydrogen) atoms. The molecule has 0 atom stereocenters. The Morgan fingerprint density at radius 3 is 2.10 bits per heavy atom. The van der Waals surface area contributed by atoms with E-state index >= 15 is 0 Å². The van der Waals surface area contributed by atoms with Gasteiger partial charge in [0.1, 0.15) is 0 Å². The smallest absolute Gasteiger partial charge is 0.0516 e. The van der Waals surface area contributed by atoms with Crippen LogP contribution in [0.4, 0.5) is 0 Å². The Bertz CT molecular complexity index is 835. The van der Waals surface area contributed by atoms with Crippen LogP contribution in [0.1, 0.15) is 56.1 Å². The Balaban J connectivity index is 1.36. The highest BCUT2D eigenvalue weighted by Gasteiger charge is 2.51. The lowest BCUT2D eigenvalue weighted by Gasteiger charge is -2.52. The fourth-order valence-electron chi connectivity index (χ4n) is 6.49. The summed E-state index contributed by atoms with van der Waals surface area (Å²) in [5, 5.41) is 0. The molecule has 0 unspecified atom stereocenters. The predicted octanol–water partition coefficient (Wildman–Crippen LogP) is 5.33. The topological polar surface area (TPSA) is 9.72 Å². The molecule has 0 radical (unpaired) electrons. The van der Waals surface area contributed by atoms with E-state index in [0.29, 0.717) is 5.54 Å². The summed E-state index contributed by atoms with van der Waals surface area (Å²) in [6.07, 6.45) is 9.44. The standard InChI is InChI=1S/C28H39N3/c1-29(2)28(26-14-7-4-8-15-26)18-16-27(17-19-28)22-30(20-24-10-5-3-6-11-24)23-31(27)21-25-12-9-13-25/h3-8,10-11,14-15,25H,9,12-13,16-23H2,1-2H3/t27-,28+. The first-order chi connectivity index (χ1) is 15.1. The van der Waals surface area contributed by atoms with Crippen LogP contribution in [-0.2, 0) is 12.1 Å². The van der Waals surface area contributed by atoms with Gasteiger partial charge in [0.2, 0.25) is 0 Å². The van der Waals surface area contributed by atoms with E-state index in [0.717, 1.165) is 19.1 Å². The van der Waals surface area contributed by atoms with Crippen LogP contribution in [0.15, 0.2) is 60.7 Å². The zero-order chi connectivity index (χ0) is 21.3. The normalized spacial score (nSPS) is 30.2. The summed E-state index contributed by atoms with van der Waals surface area (Å²) in [5.74, 6) is 0.934. The molecule has 5 rings (SSSR count). The molecular weight excluding hydrogens is 378 g/mol. The van der Waals surface area contributed by atoms with Crippen LogP contribution in [0.25, 0.3) is 0 Å². The van der Waals surface area contributed by atoms with Crippen LogP contribution in [0.5, 0.6) is 0 Å². The highest BCUT2D eigenvalue weighted by molar-refractivity contribution is 5.27. The average Bonchev–Trinajstić information content (AvgIpc) is 3.09. The van der Waals surface area contributed by atoms with Gasteiger partial charge in [-0.1, -0.05) is 67.1 Å². The van der Waals surface area contributed by atoms with Gasteiger partial charge in [0, 0.05) is 30.7 Å². The second kappa shape index (κ2) is 8.69. The lowest BCUT2D eigenvalue weighted by atomic mass is 9.68. The maximum absolute atomic E-state index is 2.91. The molecule has 3 fully saturated rings. The quantitative estimate of drug-likeness (QED) is 0.629. The van der Waals surface area contributed by atoms with E-state index in [1.54, 1.807) is 0 Å². The van der Waals surface area contributed by atoms with Gasteiger partial charge in [0.05, 0.1) is 6.67 Å². The van der Waals surface area contributed by atoms with Crippen LogP contribution in [-0.4, -0.2) is 54.1 Å². The van der Waals surface area contributed by atoms with Gasteiger partial charge in [-0.3, -0.25) is 14.7 Å². The zero-order valence-electron chi connectivity index (χ0n) is 19.5.